The van der Waals surface area contributed by atoms with E-state index in [1.807, 2.05) is 0 Å². The van der Waals surface area contributed by atoms with E-state index in [0.717, 1.165) is 0 Å². The highest BCUT2D eigenvalue weighted by Crippen LogP contribution is 2.34. The van der Waals surface area contributed by atoms with Gasteiger partial charge in [-0.1, -0.05) is 95.6 Å². The molecule has 0 aromatic rings. The molecule has 1 aliphatic rings. The van der Waals surface area contributed by atoms with E-state index in [-0.39, 0.29) is 0 Å². The van der Waals surface area contributed by atoms with Crippen molar-refractivity contribution in [3.05, 3.63) is 0 Å². The van der Waals surface area contributed by atoms with Crippen molar-refractivity contribution in [1.29, 1.82) is 0 Å². The third-order valence-electron chi connectivity index (χ3n) is 3.33. The Morgan fingerprint density at radius 2 is 0.444 bits per heavy atom. The van der Waals surface area contributed by atoms with Gasteiger partial charge >= 0.3 is 0 Å². The van der Waals surface area contributed by atoms with Crippen molar-refractivity contribution in [1.82, 2.24) is 0 Å². The summed E-state index contributed by atoms with van der Waals surface area (Å²) in [5.41, 5.74) is 0. The quantitative estimate of drug-likeness (QED) is 0.252. The van der Waals surface area contributed by atoms with Crippen LogP contribution < -0.4 is 0 Å². The lowest BCUT2D eigenvalue weighted by Gasteiger charge is -2.25. The molecule has 0 aromatic heterocycles. The number of halogens is 6. The SMILES string of the molecule is Br[C@@H]1CC[C@@H](Br)[C@H](Br)CC[C@H](Br)[C@@H](Br)CC[C@H]1Br. The molecule has 1 fully saturated rings. The molecule has 0 bridgehead atoms. The van der Waals surface area contributed by atoms with Crippen LogP contribution in [-0.4, -0.2) is 29.0 Å². The van der Waals surface area contributed by atoms with Crippen molar-refractivity contribution >= 4 is 95.6 Å². The fraction of sp³-hybridized carbons (Fsp3) is 1.00. The first-order chi connectivity index (χ1) is 8.41. The predicted octanol–water partition coefficient (Wildman–Crippen LogP) is 6.92. The fourth-order valence-electron chi connectivity index (χ4n) is 2.04. The third-order valence-corrected chi connectivity index (χ3v) is 12.0. The van der Waals surface area contributed by atoms with Gasteiger partial charge in [0.2, 0.25) is 0 Å². The van der Waals surface area contributed by atoms with Crippen LogP contribution in [0.4, 0.5) is 0 Å². The van der Waals surface area contributed by atoms with Gasteiger partial charge in [0.15, 0.2) is 0 Å². The molecule has 0 spiro atoms. The zero-order chi connectivity index (χ0) is 13.7. The topological polar surface area (TPSA) is 0 Å². The van der Waals surface area contributed by atoms with E-state index in [0.29, 0.717) is 29.0 Å². The largest absolute Gasteiger partial charge is 0.0879 e. The summed E-state index contributed by atoms with van der Waals surface area (Å²) in [5.74, 6) is 0. The maximum absolute atomic E-state index is 3.82. The number of alkyl halides is 6. The van der Waals surface area contributed by atoms with Crippen LogP contribution in [0.25, 0.3) is 0 Å². The van der Waals surface area contributed by atoms with Crippen LogP contribution in [0.3, 0.4) is 0 Å². The van der Waals surface area contributed by atoms with Crippen molar-refractivity contribution in [2.24, 2.45) is 0 Å². The van der Waals surface area contributed by atoms with Crippen molar-refractivity contribution in [3.8, 4) is 0 Å². The Labute approximate surface area is 161 Å². The van der Waals surface area contributed by atoms with E-state index in [9.17, 15) is 0 Å². The molecule has 6 heteroatoms. The molecule has 0 aromatic carbocycles. The first-order valence-electron chi connectivity index (χ1n) is 6.26. The first-order valence-corrected chi connectivity index (χ1v) is 11.8. The molecule has 108 valence electrons. The van der Waals surface area contributed by atoms with Crippen molar-refractivity contribution in [2.45, 2.75) is 67.5 Å². The molecule has 0 nitrogen and oxygen atoms in total. The van der Waals surface area contributed by atoms with E-state index in [1.165, 1.54) is 38.5 Å². The lowest BCUT2D eigenvalue weighted by molar-refractivity contribution is 0.557. The minimum atomic E-state index is 0.560. The number of hydrogen-bond donors (Lipinski definition) is 0. The van der Waals surface area contributed by atoms with E-state index in [1.54, 1.807) is 0 Å². The highest BCUT2D eigenvalue weighted by Gasteiger charge is 2.25. The van der Waals surface area contributed by atoms with Gasteiger partial charge in [0.25, 0.3) is 0 Å². The Balaban J connectivity index is 2.61. The number of rotatable bonds is 0. The van der Waals surface area contributed by atoms with E-state index in [4.69, 9.17) is 0 Å². The second kappa shape index (κ2) is 9.81. The van der Waals surface area contributed by atoms with Crippen LogP contribution >= 0.6 is 95.6 Å². The molecule has 1 saturated carbocycles. The Hall–Kier alpha value is 2.88. The zero-order valence-electron chi connectivity index (χ0n) is 9.97. The first kappa shape index (κ1) is 18.9. The van der Waals surface area contributed by atoms with Crippen LogP contribution in [0.2, 0.25) is 0 Å². The van der Waals surface area contributed by atoms with Gasteiger partial charge in [-0.25, -0.2) is 0 Å². The second-order valence-electron chi connectivity index (χ2n) is 4.83. The minimum Gasteiger partial charge on any atom is -0.0879 e. The summed E-state index contributed by atoms with van der Waals surface area (Å²) in [6.45, 7) is 0. The molecular weight excluding hydrogens is 624 g/mol. The van der Waals surface area contributed by atoms with Gasteiger partial charge in [0.1, 0.15) is 0 Å². The van der Waals surface area contributed by atoms with Crippen molar-refractivity contribution in [2.75, 3.05) is 0 Å². The summed E-state index contributed by atoms with van der Waals surface area (Å²) in [7, 11) is 0. The Morgan fingerprint density at radius 3 is 0.556 bits per heavy atom. The molecule has 0 N–H and O–H groups in total. The van der Waals surface area contributed by atoms with E-state index in [2.05, 4.69) is 95.6 Å². The summed E-state index contributed by atoms with van der Waals surface area (Å²) in [5, 5.41) is 0. The monoisotopic (exact) mass is 636 g/mol. The van der Waals surface area contributed by atoms with Crippen LogP contribution in [0.15, 0.2) is 0 Å². The standard InChI is InChI=1S/C12H18Br6/c13-7-1-2-8(14)10(16)5-6-12(18)11(17)4-3-9(7)15/h7-12H,1-6H2/t7-,8-,9-,10-,11+,12+/m1/s1. The zero-order valence-corrected chi connectivity index (χ0v) is 19.5. The smallest absolute Gasteiger partial charge is 0.0271 e. The van der Waals surface area contributed by atoms with Gasteiger partial charge in [-0.3, -0.25) is 0 Å². The van der Waals surface area contributed by atoms with Gasteiger partial charge in [-0.15, -0.1) is 0 Å². The van der Waals surface area contributed by atoms with Crippen LogP contribution in [0.1, 0.15) is 38.5 Å². The molecule has 1 rings (SSSR count). The van der Waals surface area contributed by atoms with Crippen molar-refractivity contribution < 1.29 is 0 Å². The van der Waals surface area contributed by atoms with Crippen LogP contribution in [0, 0.1) is 0 Å². The van der Waals surface area contributed by atoms with Gasteiger partial charge in [0.05, 0.1) is 0 Å². The summed E-state index contributed by atoms with van der Waals surface area (Å²) in [6, 6.07) is 0. The normalized spacial score (nSPS) is 45.0. The van der Waals surface area contributed by atoms with E-state index < -0.39 is 0 Å². The molecule has 6 atom stereocenters. The molecule has 0 radical (unpaired) electrons. The molecule has 0 aliphatic heterocycles. The van der Waals surface area contributed by atoms with E-state index >= 15 is 0 Å². The molecule has 1 aliphatic carbocycles. The second-order valence-corrected chi connectivity index (χ2v) is 11.9. The molecule has 0 unspecified atom stereocenters. The third kappa shape index (κ3) is 6.76. The summed E-state index contributed by atoms with van der Waals surface area (Å²) < 4.78 is 0. The molecule has 0 saturated heterocycles. The molecular formula is C12H18Br6. The lowest BCUT2D eigenvalue weighted by Crippen LogP contribution is -2.25. The molecule has 0 amide bonds. The van der Waals surface area contributed by atoms with Crippen molar-refractivity contribution in [3.63, 3.8) is 0 Å². The number of hydrogen-bond acceptors (Lipinski definition) is 0. The minimum absolute atomic E-state index is 0.560. The average Bonchev–Trinajstić information content (AvgIpc) is 2.36. The summed E-state index contributed by atoms with van der Waals surface area (Å²) >= 11 is 22.9. The average molecular weight is 642 g/mol. The maximum Gasteiger partial charge on any atom is 0.0271 e. The van der Waals surface area contributed by atoms with Gasteiger partial charge in [0, 0.05) is 29.0 Å². The fourth-order valence-corrected chi connectivity index (χ4v) is 5.21. The highest BCUT2D eigenvalue weighted by molar-refractivity contribution is 9.13. The van der Waals surface area contributed by atoms with Gasteiger partial charge in [-0.2, -0.15) is 0 Å². The molecule has 0 heterocycles. The maximum atomic E-state index is 3.82. The summed E-state index contributed by atoms with van der Waals surface area (Å²) in [6.07, 6.45) is 7.24. The van der Waals surface area contributed by atoms with Crippen LogP contribution in [0.5, 0.6) is 0 Å². The van der Waals surface area contributed by atoms with Gasteiger partial charge in [-0.05, 0) is 38.5 Å². The lowest BCUT2D eigenvalue weighted by atomic mass is 10.0. The van der Waals surface area contributed by atoms with Crippen LogP contribution in [-0.2, 0) is 0 Å². The van der Waals surface area contributed by atoms with Gasteiger partial charge < -0.3 is 0 Å². The predicted molar refractivity (Wildman–Crippen MR) is 104 cm³/mol. The summed E-state index contributed by atoms with van der Waals surface area (Å²) in [4.78, 5) is 3.36. The molecule has 18 heavy (non-hydrogen) atoms. The Bertz CT molecular complexity index is 175. The Kier molecular flexibility index (Phi) is 10.3. The Morgan fingerprint density at radius 1 is 0.333 bits per heavy atom. The highest BCUT2D eigenvalue weighted by atomic mass is 79.9.